The summed E-state index contributed by atoms with van der Waals surface area (Å²) >= 11 is 0. The van der Waals surface area contributed by atoms with E-state index in [0.717, 1.165) is 25.5 Å². The van der Waals surface area contributed by atoms with E-state index < -0.39 is 0 Å². The average molecular weight is 339 g/mol. The second-order valence-electron chi connectivity index (χ2n) is 7.66. The predicted octanol–water partition coefficient (Wildman–Crippen LogP) is 2.20. The predicted molar refractivity (Wildman–Crippen MR) is 100 cm³/mol. The number of nitrogens with one attached hydrogen (secondary N) is 2. The molecule has 2 fully saturated rings. The summed E-state index contributed by atoms with van der Waals surface area (Å²) in [7, 11) is 2.08. The van der Waals surface area contributed by atoms with Gasteiger partial charge in [-0.25, -0.2) is 4.98 Å². The molecule has 3 atom stereocenters. The maximum atomic E-state index is 4.50. The van der Waals surface area contributed by atoms with Gasteiger partial charge in [-0.3, -0.25) is 15.8 Å². The van der Waals surface area contributed by atoms with Crippen LogP contribution in [-0.4, -0.2) is 40.1 Å². The topological polar surface area (TPSA) is 45.1 Å². The van der Waals surface area contributed by atoms with Crippen molar-refractivity contribution in [1.29, 1.82) is 0 Å². The van der Waals surface area contributed by atoms with Gasteiger partial charge in [-0.05, 0) is 37.8 Å². The first-order valence-corrected chi connectivity index (χ1v) is 9.44. The Hall–Kier alpha value is -1.69. The number of benzene rings is 1. The number of rotatable bonds is 4. The molecule has 4 rings (SSSR count). The molecule has 2 saturated heterocycles. The number of aromatic nitrogens is 2. The van der Waals surface area contributed by atoms with Crippen molar-refractivity contribution < 1.29 is 0 Å². The first-order chi connectivity index (χ1) is 12.2. The Bertz CT molecular complexity index is 692. The van der Waals surface area contributed by atoms with Gasteiger partial charge in [0.05, 0.1) is 6.54 Å². The standard InChI is InChI=1S/C20H29N5/c1-15-5-7-16(8-6-15)18-12-22-23-20(18)17-4-3-10-25(13-17)14-19-21-9-11-24(19)2/h5-9,11,17-18,20,22-23H,3-4,10,12-14H2,1-2H3. The van der Waals surface area contributed by atoms with E-state index in [-0.39, 0.29) is 0 Å². The highest BCUT2D eigenvalue weighted by Crippen LogP contribution is 2.32. The van der Waals surface area contributed by atoms with Crippen molar-refractivity contribution in [3.05, 3.63) is 53.6 Å². The lowest BCUT2D eigenvalue weighted by molar-refractivity contribution is 0.136. The van der Waals surface area contributed by atoms with Gasteiger partial charge < -0.3 is 4.57 Å². The molecule has 3 unspecified atom stereocenters. The first-order valence-electron chi connectivity index (χ1n) is 9.44. The molecule has 0 amide bonds. The van der Waals surface area contributed by atoms with Crippen LogP contribution in [0.15, 0.2) is 36.7 Å². The second-order valence-corrected chi connectivity index (χ2v) is 7.66. The van der Waals surface area contributed by atoms with Gasteiger partial charge in [-0.2, -0.15) is 0 Å². The van der Waals surface area contributed by atoms with Crippen LogP contribution in [0.5, 0.6) is 0 Å². The van der Waals surface area contributed by atoms with E-state index in [4.69, 9.17) is 0 Å². The van der Waals surface area contributed by atoms with Crippen molar-refractivity contribution >= 4 is 0 Å². The summed E-state index contributed by atoms with van der Waals surface area (Å²) in [6, 6.07) is 9.58. The van der Waals surface area contributed by atoms with Crippen LogP contribution in [0.25, 0.3) is 0 Å². The molecule has 25 heavy (non-hydrogen) atoms. The summed E-state index contributed by atoms with van der Waals surface area (Å²) in [6.07, 6.45) is 6.51. The smallest absolute Gasteiger partial charge is 0.122 e. The van der Waals surface area contributed by atoms with E-state index in [1.54, 1.807) is 0 Å². The molecule has 1 aromatic carbocycles. The maximum absolute atomic E-state index is 4.50. The largest absolute Gasteiger partial charge is 0.337 e. The Labute approximate surface area is 150 Å². The summed E-state index contributed by atoms with van der Waals surface area (Å²) in [5.74, 6) is 2.39. The number of likely N-dealkylation sites (tertiary alicyclic amines) is 1. The minimum Gasteiger partial charge on any atom is -0.337 e. The average Bonchev–Trinajstić information content (AvgIpc) is 3.26. The third-order valence-electron chi connectivity index (χ3n) is 5.87. The molecule has 0 bridgehead atoms. The van der Waals surface area contributed by atoms with E-state index in [1.165, 1.54) is 30.5 Å². The first kappa shape index (κ1) is 16.8. The third-order valence-corrected chi connectivity index (χ3v) is 5.87. The molecule has 5 nitrogen and oxygen atoms in total. The lowest BCUT2D eigenvalue weighted by Gasteiger charge is -2.37. The summed E-state index contributed by atoms with van der Waals surface area (Å²) in [5.41, 5.74) is 9.78. The van der Waals surface area contributed by atoms with Crippen molar-refractivity contribution in [2.24, 2.45) is 13.0 Å². The SMILES string of the molecule is Cc1ccc(C2CNNC2C2CCCN(Cc3nccn3C)C2)cc1. The zero-order chi connectivity index (χ0) is 17.2. The monoisotopic (exact) mass is 339 g/mol. The summed E-state index contributed by atoms with van der Waals surface area (Å²) in [5, 5.41) is 0. The molecule has 3 heterocycles. The van der Waals surface area contributed by atoms with Gasteiger partial charge in [0.25, 0.3) is 0 Å². The zero-order valence-electron chi connectivity index (χ0n) is 15.3. The lowest BCUT2D eigenvalue weighted by Crippen LogP contribution is -2.46. The number of nitrogens with zero attached hydrogens (tertiary/aromatic N) is 3. The van der Waals surface area contributed by atoms with Crippen molar-refractivity contribution in [3.8, 4) is 0 Å². The van der Waals surface area contributed by atoms with E-state index in [1.807, 2.05) is 12.4 Å². The molecular formula is C20H29N5. The Morgan fingerprint density at radius 3 is 2.84 bits per heavy atom. The van der Waals surface area contributed by atoms with E-state index in [0.29, 0.717) is 17.9 Å². The molecular weight excluding hydrogens is 310 g/mol. The van der Waals surface area contributed by atoms with Crippen LogP contribution in [-0.2, 0) is 13.6 Å². The van der Waals surface area contributed by atoms with Gasteiger partial charge in [0.15, 0.2) is 0 Å². The quantitative estimate of drug-likeness (QED) is 0.896. The van der Waals surface area contributed by atoms with Gasteiger partial charge >= 0.3 is 0 Å². The summed E-state index contributed by atoms with van der Waals surface area (Å²) in [4.78, 5) is 7.07. The van der Waals surface area contributed by atoms with Crippen LogP contribution in [0.1, 0.15) is 35.7 Å². The van der Waals surface area contributed by atoms with Crippen LogP contribution in [0.4, 0.5) is 0 Å². The Morgan fingerprint density at radius 1 is 1.24 bits per heavy atom. The maximum Gasteiger partial charge on any atom is 0.122 e. The normalized spacial score (nSPS) is 27.7. The highest BCUT2D eigenvalue weighted by Gasteiger charge is 2.36. The third kappa shape index (κ3) is 3.64. The fourth-order valence-electron chi connectivity index (χ4n) is 4.38. The molecule has 5 heteroatoms. The minimum absolute atomic E-state index is 0.506. The van der Waals surface area contributed by atoms with Gasteiger partial charge in [0.1, 0.15) is 5.82 Å². The Balaban J connectivity index is 1.44. The van der Waals surface area contributed by atoms with Gasteiger partial charge in [0, 0.05) is 44.5 Å². The van der Waals surface area contributed by atoms with Crippen molar-refractivity contribution in [2.45, 2.75) is 38.3 Å². The molecule has 1 aromatic heterocycles. The van der Waals surface area contributed by atoms with Gasteiger partial charge in [-0.1, -0.05) is 29.8 Å². The Morgan fingerprint density at radius 2 is 2.08 bits per heavy atom. The van der Waals surface area contributed by atoms with E-state index >= 15 is 0 Å². The fraction of sp³-hybridized carbons (Fsp3) is 0.550. The number of hydrogen-bond acceptors (Lipinski definition) is 4. The van der Waals surface area contributed by atoms with Crippen LogP contribution < -0.4 is 10.9 Å². The molecule has 0 saturated carbocycles. The molecule has 134 valence electrons. The van der Waals surface area contributed by atoms with Crippen LogP contribution >= 0.6 is 0 Å². The summed E-state index contributed by atoms with van der Waals surface area (Å²) < 4.78 is 2.13. The molecule has 0 aliphatic carbocycles. The molecule has 2 N–H and O–H groups in total. The number of piperidine rings is 1. The van der Waals surface area contributed by atoms with E-state index in [9.17, 15) is 0 Å². The molecule has 2 aromatic rings. The lowest BCUT2D eigenvalue weighted by atomic mass is 9.81. The van der Waals surface area contributed by atoms with Crippen LogP contribution in [0.2, 0.25) is 0 Å². The highest BCUT2D eigenvalue weighted by atomic mass is 15.4. The van der Waals surface area contributed by atoms with Crippen molar-refractivity contribution in [2.75, 3.05) is 19.6 Å². The van der Waals surface area contributed by atoms with Crippen molar-refractivity contribution in [3.63, 3.8) is 0 Å². The molecule has 0 spiro atoms. The number of imidazole rings is 1. The molecule has 2 aliphatic rings. The number of hydrazine groups is 1. The Kier molecular flexibility index (Phi) is 4.88. The van der Waals surface area contributed by atoms with Crippen LogP contribution in [0.3, 0.4) is 0 Å². The second kappa shape index (κ2) is 7.28. The minimum atomic E-state index is 0.506. The fourth-order valence-corrected chi connectivity index (χ4v) is 4.38. The zero-order valence-corrected chi connectivity index (χ0v) is 15.3. The highest BCUT2D eigenvalue weighted by molar-refractivity contribution is 5.27. The van der Waals surface area contributed by atoms with Crippen LogP contribution in [0, 0.1) is 12.8 Å². The van der Waals surface area contributed by atoms with Gasteiger partial charge in [0.2, 0.25) is 0 Å². The van der Waals surface area contributed by atoms with E-state index in [2.05, 4.69) is 63.5 Å². The molecule has 0 radical (unpaired) electrons. The molecule has 2 aliphatic heterocycles. The van der Waals surface area contributed by atoms with Crippen molar-refractivity contribution in [1.82, 2.24) is 25.3 Å². The summed E-state index contributed by atoms with van der Waals surface area (Å²) in [6.45, 7) is 6.45. The number of hydrogen-bond donors (Lipinski definition) is 2. The van der Waals surface area contributed by atoms with Gasteiger partial charge in [-0.15, -0.1) is 0 Å². The number of aryl methyl sites for hydroxylation is 2.